The first kappa shape index (κ1) is 10.8. The van der Waals surface area contributed by atoms with Crippen LogP contribution in [0.1, 0.15) is 38.3 Å². The first-order valence-corrected chi connectivity index (χ1v) is 4.99. The van der Waals surface area contributed by atoms with E-state index in [1.165, 1.54) is 19.3 Å². The summed E-state index contributed by atoms with van der Waals surface area (Å²) in [6.45, 7) is 2.19. The van der Waals surface area contributed by atoms with Crippen LogP contribution in [0.15, 0.2) is 12.3 Å². The van der Waals surface area contributed by atoms with Crippen LogP contribution in [0.3, 0.4) is 0 Å². The van der Waals surface area contributed by atoms with E-state index in [-0.39, 0.29) is 0 Å². The van der Waals surface area contributed by atoms with Gasteiger partial charge in [0.05, 0.1) is 13.3 Å². The number of ether oxygens (including phenoxy) is 1. The fourth-order valence-corrected chi connectivity index (χ4v) is 1.24. The second kappa shape index (κ2) is 6.18. The topological polar surface area (TPSA) is 50.8 Å². The van der Waals surface area contributed by atoms with Crippen molar-refractivity contribution < 1.29 is 4.74 Å². The van der Waals surface area contributed by atoms with Crippen LogP contribution in [0.4, 0.5) is 0 Å². The third-order valence-corrected chi connectivity index (χ3v) is 2.03. The molecule has 0 bridgehead atoms. The van der Waals surface area contributed by atoms with Crippen molar-refractivity contribution in [2.24, 2.45) is 0 Å². The molecule has 0 aliphatic carbocycles. The lowest BCUT2D eigenvalue weighted by molar-refractivity contribution is 0.366. The zero-order chi connectivity index (χ0) is 10.2. The van der Waals surface area contributed by atoms with Gasteiger partial charge in [-0.15, -0.1) is 5.10 Å². The quantitative estimate of drug-likeness (QED) is 0.560. The minimum absolute atomic E-state index is 0.768. The molecule has 1 N–H and O–H groups in total. The van der Waals surface area contributed by atoms with Crippen molar-refractivity contribution in [1.29, 1.82) is 0 Å². The van der Waals surface area contributed by atoms with Crippen LogP contribution < -0.4 is 0 Å². The van der Waals surface area contributed by atoms with E-state index in [9.17, 15) is 0 Å². The summed E-state index contributed by atoms with van der Waals surface area (Å²) in [7, 11) is 1.65. The first-order chi connectivity index (χ1) is 6.88. The van der Waals surface area contributed by atoms with Gasteiger partial charge in [-0.3, -0.25) is 5.10 Å². The molecule has 78 valence electrons. The second-order valence-electron chi connectivity index (χ2n) is 3.13. The SMILES string of the molecule is CCCCCC=C(OC)c1c[nH]nn1. The van der Waals surface area contributed by atoms with E-state index >= 15 is 0 Å². The summed E-state index contributed by atoms with van der Waals surface area (Å²) in [5, 5.41) is 10.2. The molecular weight excluding hydrogens is 178 g/mol. The van der Waals surface area contributed by atoms with Crippen LogP contribution >= 0.6 is 0 Å². The predicted molar refractivity (Wildman–Crippen MR) is 55.5 cm³/mol. The highest BCUT2D eigenvalue weighted by Gasteiger charge is 2.02. The number of H-pyrrole nitrogens is 1. The maximum absolute atomic E-state index is 5.21. The van der Waals surface area contributed by atoms with Gasteiger partial charge in [-0.1, -0.05) is 25.0 Å². The van der Waals surface area contributed by atoms with Crippen molar-refractivity contribution in [2.45, 2.75) is 32.6 Å². The summed E-state index contributed by atoms with van der Waals surface area (Å²) in [6.07, 6.45) is 8.51. The lowest BCUT2D eigenvalue weighted by atomic mass is 10.2. The number of aromatic amines is 1. The standard InChI is InChI=1S/C10H17N3O/c1-3-4-5-6-7-10(14-2)9-8-11-13-12-9/h7-8H,3-6H2,1-2H3,(H,11,12,13). The molecule has 1 aromatic rings. The molecule has 1 rings (SSSR count). The molecule has 0 aliphatic rings. The number of nitrogens with zero attached hydrogens (tertiary/aromatic N) is 2. The average Bonchev–Trinajstić information content (AvgIpc) is 2.71. The number of rotatable bonds is 6. The smallest absolute Gasteiger partial charge is 0.147 e. The Labute approximate surface area is 84.4 Å². The third-order valence-electron chi connectivity index (χ3n) is 2.03. The van der Waals surface area contributed by atoms with Crippen LogP contribution in [0, 0.1) is 0 Å². The highest BCUT2D eigenvalue weighted by Crippen LogP contribution is 2.12. The first-order valence-electron chi connectivity index (χ1n) is 4.99. The number of allylic oxidation sites excluding steroid dienone is 1. The van der Waals surface area contributed by atoms with Gasteiger partial charge in [0.1, 0.15) is 11.5 Å². The van der Waals surface area contributed by atoms with E-state index in [1.807, 2.05) is 0 Å². The molecule has 0 atom stereocenters. The Hall–Kier alpha value is -1.32. The number of aromatic nitrogens is 3. The van der Waals surface area contributed by atoms with E-state index in [2.05, 4.69) is 28.4 Å². The highest BCUT2D eigenvalue weighted by atomic mass is 16.5. The molecule has 4 heteroatoms. The Morgan fingerprint density at radius 2 is 2.43 bits per heavy atom. The van der Waals surface area contributed by atoms with Crippen molar-refractivity contribution >= 4 is 5.76 Å². The van der Waals surface area contributed by atoms with Crippen LogP contribution in [-0.4, -0.2) is 22.5 Å². The van der Waals surface area contributed by atoms with Gasteiger partial charge in [0, 0.05) is 0 Å². The number of hydrogen-bond acceptors (Lipinski definition) is 3. The van der Waals surface area contributed by atoms with E-state index in [4.69, 9.17) is 4.74 Å². The Kier molecular flexibility index (Phi) is 4.75. The van der Waals surface area contributed by atoms with Gasteiger partial charge in [-0.2, -0.15) is 0 Å². The van der Waals surface area contributed by atoms with Crippen LogP contribution in [0.25, 0.3) is 5.76 Å². The molecule has 1 aromatic heterocycles. The Bertz CT molecular complexity index is 267. The van der Waals surface area contributed by atoms with Gasteiger partial charge < -0.3 is 4.74 Å². The van der Waals surface area contributed by atoms with Gasteiger partial charge in [0.2, 0.25) is 0 Å². The Balaban J connectivity index is 2.45. The number of nitrogens with one attached hydrogen (secondary N) is 1. The largest absolute Gasteiger partial charge is 0.495 e. The fraction of sp³-hybridized carbons (Fsp3) is 0.600. The third kappa shape index (κ3) is 3.20. The van der Waals surface area contributed by atoms with Gasteiger partial charge >= 0.3 is 0 Å². The number of hydrogen-bond donors (Lipinski definition) is 1. The summed E-state index contributed by atoms with van der Waals surface area (Å²) in [5.41, 5.74) is 0.768. The second-order valence-corrected chi connectivity index (χ2v) is 3.13. The lowest BCUT2D eigenvalue weighted by Crippen LogP contribution is -1.88. The van der Waals surface area contributed by atoms with E-state index < -0.39 is 0 Å². The Morgan fingerprint density at radius 3 is 3.00 bits per heavy atom. The average molecular weight is 195 g/mol. The van der Waals surface area contributed by atoms with Gasteiger partial charge in [-0.25, -0.2) is 0 Å². The minimum atomic E-state index is 0.768. The van der Waals surface area contributed by atoms with E-state index in [1.54, 1.807) is 13.3 Å². The molecule has 0 aromatic carbocycles. The maximum Gasteiger partial charge on any atom is 0.147 e. The molecule has 0 unspecified atom stereocenters. The number of unbranched alkanes of at least 4 members (excludes halogenated alkanes) is 3. The summed E-state index contributed by atoms with van der Waals surface area (Å²) in [4.78, 5) is 0. The van der Waals surface area contributed by atoms with Crippen LogP contribution in [-0.2, 0) is 4.74 Å². The molecule has 4 nitrogen and oxygen atoms in total. The summed E-state index contributed by atoms with van der Waals surface area (Å²) < 4.78 is 5.21. The van der Waals surface area contributed by atoms with Crippen molar-refractivity contribution in [3.05, 3.63) is 18.0 Å². The summed E-state index contributed by atoms with van der Waals surface area (Å²) in [5.74, 6) is 0.801. The fourth-order valence-electron chi connectivity index (χ4n) is 1.24. The van der Waals surface area contributed by atoms with Crippen LogP contribution in [0.2, 0.25) is 0 Å². The minimum Gasteiger partial charge on any atom is -0.495 e. The highest BCUT2D eigenvalue weighted by molar-refractivity contribution is 5.54. The zero-order valence-electron chi connectivity index (χ0n) is 8.79. The molecule has 0 fully saturated rings. The van der Waals surface area contributed by atoms with Crippen molar-refractivity contribution in [3.8, 4) is 0 Å². The molecular formula is C10H17N3O. The van der Waals surface area contributed by atoms with Gasteiger partial charge in [0.15, 0.2) is 0 Å². The van der Waals surface area contributed by atoms with Gasteiger partial charge in [0.25, 0.3) is 0 Å². The molecule has 0 radical (unpaired) electrons. The normalized spacial score (nSPS) is 11.7. The molecule has 0 amide bonds. The predicted octanol–water partition coefficient (Wildman–Crippen LogP) is 2.37. The van der Waals surface area contributed by atoms with E-state index in [0.29, 0.717) is 0 Å². The molecule has 14 heavy (non-hydrogen) atoms. The summed E-state index contributed by atoms with van der Waals surface area (Å²) in [6, 6.07) is 0. The maximum atomic E-state index is 5.21. The number of methoxy groups -OCH3 is 1. The molecule has 0 aliphatic heterocycles. The molecule has 0 spiro atoms. The van der Waals surface area contributed by atoms with Crippen molar-refractivity contribution in [3.63, 3.8) is 0 Å². The van der Waals surface area contributed by atoms with Crippen molar-refractivity contribution in [2.75, 3.05) is 7.11 Å². The molecule has 0 saturated carbocycles. The van der Waals surface area contributed by atoms with E-state index in [0.717, 1.165) is 17.9 Å². The Morgan fingerprint density at radius 1 is 1.57 bits per heavy atom. The lowest BCUT2D eigenvalue weighted by Gasteiger charge is -2.01. The molecule has 1 heterocycles. The summed E-state index contributed by atoms with van der Waals surface area (Å²) >= 11 is 0. The molecule has 0 saturated heterocycles. The van der Waals surface area contributed by atoms with Gasteiger partial charge in [-0.05, 0) is 18.9 Å². The van der Waals surface area contributed by atoms with Crippen molar-refractivity contribution in [1.82, 2.24) is 15.4 Å². The zero-order valence-corrected chi connectivity index (χ0v) is 8.79. The monoisotopic (exact) mass is 195 g/mol. The van der Waals surface area contributed by atoms with Crippen LogP contribution in [0.5, 0.6) is 0 Å².